The lowest BCUT2D eigenvalue weighted by molar-refractivity contribution is 0.00597. The first-order chi connectivity index (χ1) is 13.7. The van der Waals surface area contributed by atoms with Crippen molar-refractivity contribution in [2.45, 2.75) is 37.8 Å². The molecule has 1 aromatic carbocycles. The Morgan fingerprint density at radius 2 is 1.79 bits per heavy atom. The first-order valence-electron chi connectivity index (χ1n) is 10.4. The summed E-state index contributed by atoms with van der Waals surface area (Å²) < 4.78 is 12.9. The molecule has 0 N–H and O–H groups in total. The highest BCUT2D eigenvalue weighted by molar-refractivity contribution is 5.67. The molecule has 0 spiro atoms. The summed E-state index contributed by atoms with van der Waals surface area (Å²) in [6, 6.07) is 12.6. The highest BCUT2D eigenvalue weighted by Gasteiger charge is 2.38. The van der Waals surface area contributed by atoms with Crippen LogP contribution in [0.1, 0.15) is 30.9 Å². The van der Waals surface area contributed by atoms with Gasteiger partial charge in [0.25, 0.3) is 5.56 Å². The summed E-state index contributed by atoms with van der Waals surface area (Å²) >= 11 is 0. The Labute approximate surface area is 165 Å². The molecule has 148 valence electrons. The van der Waals surface area contributed by atoms with Crippen LogP contribution < -0.4 is 10.3 Å². The Morgan fingerprint density at radius 1 is 1.00 bits per heavy atom. The van der Waals surface area contributed by atoms with Gasteiger partial charge in [-0.3, -0.25) is 9.69 Å². The zero-order chi connectivity index (χ0) is 19.1. The third-order valence-corrected chi connectivity index (χ3v) is 6.73. The van der Waals surface area contributed by atoms with Gasteiger partial charge in [0.15, 0.2) is 0 Å². The number of likely N-dealkylation sites (tertiary alicyclic amines) is 1. The van der Waals surface area contributed by atoms with Crippen LogP contribution in [-0.2, 0) is 11.3 Å². The maximum absolute atomic E-state index is 12.7. The number of ether oxygens (including phenoxy) is 2. The van der Waals surface area contributed by atoms with Gasteiger partial charge in [-0.15, -0.1) is 0 Å². The molecule has 0 amide bonds. The number of rotatable bonds is 3. The van der Waals surface area contributed by atoms with Crippen LogP contribution in [-0.4, -0.2) is 48.9 Å². The minimum atomic E-state index is 0.140. The van der Waals surface area contributed by atoms with E-state index in [4.69, 9.17) is 9.47 Å². The number of pyridine rings is 1. The van der Waals surface area contributed by atoms with Gasteiger partial charge in [-0.05, 0) is 48.9 Å². The Balaban J connectivity index is 1.52. The zero-order valence-corrected chi connectivity index (χ0v) is 16.5. The smallest absolute Gasteiger partial charge is 0.250 e. The molecule has 5 rings (SSSR count). The molecular weight excluding hydrogens is 352 g/mol. The van der Waals surface area contributed by atoms with E-state index in [1.807, 2.05) is 18.2 Å². The molecule has 1 aromatic heterocycles. The summed E-state index contributed by atoms with van der Waals surface area (Å²) in [5.41, 5.74) is 3.72. The van der Waals surface area contributed by atoms with Gasteiger partial charge in [0.05, 0.1) is 7.11 Å². The van der Waals surface area contributed by atoms with Gasteiger partial charge < -0.3 is 14.0 Å². The number of methoxy groups -OCH3 is 1. The normalized spacial score (nSPS) is 25.3. The third kappa shape index (κ3) is 3.16. The summed E-state index contributed by atoms with van der Waals surface area (Å²) in [6.45, 7) is 4.76. The van der Waals surface area contributed by atoms with E-state index in [2.05, 4.69) is 21.6 Å². The van der Waals surface area contributed by atoms with E-state index in [1.54, 1.807) is 13.2 Å². The van der Waals surface area contributed by atoms with Gasteiger partial charge in [0.2, 0.25) is 0 Å². The summed E-state index contributed by atoms with van der Waals surface area (Å²) in [5.74, 6) is 1.84. The van der Waals surface area contributed by atoms with Crippen molar-refractivity contribution in [3.05, 3.63) is 52.4 Å². The van der Waals surface area contributed by atoms with Gasteiger partial charge in [-0.2, -0.15) is 0 Å². The van der Waals surface area contributed by atoms with Gasteiger partial charge in [-0.25, -0.2) is 0 Å². The molecule has 2 saturated heterocycles. The lowest BCUT2D eigenvalue weighted by Crippen LogP contribution is -2.51. The molecule has 0 saturated carbocycles. The van der Waals surface area contributed by atoms with Crippen LogP contribution in [0.5, 0.6) is 5.75 Å². The largest absolute Gasteiger partial charge is 0.497 e. The van der Waals surface area contributed by atoms with Gasteiger partial charge in [0.1, 0.15) is 5.75 Å². The molecule has 2 fully saturated rings. The SMILES string of the molecule is COc1ccc(-c2ccc(=O)n3c2[C@H]2C[C@@H](CN(C4CCOCC4)C2)C3)cc1. The van der Waals surface area contributed by atoms with Crippen molar-refractivity contribution in [3.8, 4) is 16.9 Å². The van der Waals surface area contributed by atoms with Crippen LogP contribution in [0.3, 0.4) is 0 Å². The van der Waals surface area contributed by atoms with Gasteiger partial charge >= 0.3 is 0 Å². The topological polar surface area (TPSA) is 43.7 Å². The van der Waals surface area contributed by atoms with E-state index in [0.29, 0.717) is 17.9 Å². The quantitative estimate of drug-likeness (QED) is 0.821. The number of nitrogens with zero attached hydrogens (tertiary/aromatic N) is 2. The number of fused-ring (bicyclic) bond motifs is 4. The number of hydrogen-bond donors (Lipinski definition) is 0. The molecule has 4 heterocycles. The number of benzene rings is 1. The Morgan fingerprint density at radius 3 is 2.54 bits per heavy atom. The fourth-order valence-corrected chi connectivity index (χ4v) is 5.42. The average molecular weight is 380 g/mol. The summed E-state index contributed by atoms with van der Waals surface area (Å²) in [7, 11) is 1.69. The number of hydrogen-bond acceptors (Lipinski definition) is 4. The van der Waals surface area contributed by atoms with Crippen LogP contribution in [0, 0.1) is 5.92 Å². The van der Waals surface area contributed by atoms with Crippen molar-refractivity contribution in [1.82, 2.24) is 9.47 Å². The maximum Gasteiger partial charge on any atom is 0.250 e. The summed E-state index contributed by atoms with van der Waals surface area (Å²) in [6.07, 6.45) is 3.45. The maximum atomic E-state index is 12.7. The van der Waals surface area contributed by atoms with Crippen molar-refractivity contribution in [1.29, 1.82) is 0 Å². The molecule has 2 aromatic rings. The average Bonchev–Trinajstić information content (AvgIpc) is 2.75. The fourth-order valence-electron chi connectivity index (χ4n) is 5.42. The van der Waals surface area contributed by atoms with Gasteiger partial charge in [0, 0.05) is 62.1 Å². The molecule has 5 heteroatoms. The van der Waals surface area contributed by atoms with E-state index >= 15 is 0 Å². The summed E-state index contributed by atoms with van der Waals surface area (Å²) in [4.78, 5) is 15.4. The van der Waals surface area contributed by atoms with Crippen LogP contribution in [0.15, 0.2) is 41.2 Å². The van der Waals surface area contributed by atoms with Gasteiger partial charge in [-0.1, -0.05) is 12.1 Å². The third-order valence-electron chi connectivity index (χ3n) is 6.73. The highest BCUT2D eigenvalue weighted by atomic mass is 16.5. The van der Waals surface area contributed by atoms with Crippen LogP contribution in [0.4, 0.5) is 0 Å². The predicted molar refractivity (Wildman–Crippen MR) is 109 cm³/mol. The van der Waals surface area contributed by atoms with E-state index in [1.165, 1.54) is 17.7 Å². The lowest BCUT2D eigenvalue weighted by Gasteiger charge is -2.47. The monoisotopic (exact) mass is 380 g/mol. The molecule has 28 heavy (non-hydrogen) atoms. The molecular formula is C23H28N2O3. The molecule has 5 nitrogen and oxygen atoms in total. The molecule has 3 aliphatic heterocycles. The van der Waals surface area contributed by atoms with Crippen molar-refractivity contribution in [2.24, 2.45) is 5.92 Å². The minimum Gasteiger partial charge on any atom is -0.497 e. The molecule has 2 bridgehead atoms. The Hall–Kier alpha value is -2.11. The zero-order valence-electron chi connectivity index (χ0n) is 16.5. The molecule has 3 aliphatic rings. The van der Waals surface area contributed by atoms with E-state index in [-0.39, 0.29) is 5.56 Å². The standard InChI is InChI=1S/C23H28N2O3/c1-27-20-4-2-17(3-5-20)21-6-7-22(26)25-14-16-12-18(23(21)25)15-24(13-16)19-8-10-28-11-9-19/h2-7,16,18-19H,8-15H2,1H3/t16-,18-/m0/s1. The summed E-state index contributed by atoms with van der Waals surface area (Å²) in [5, 5.41) is 0. The highest BCUT2D eigenvalue weighted by Crippen LogP contribution is 2.41. The van der Waals surface area contributed by atoms with Crippen molar-refractivity contribution in [2.75, 3.05) is 33.4 Å². The molecule has 0 radical (unpaired) electrons. The number of piperidine rings is 1. The second kappa shape index (κ2) is 7.37. The molecule has 0 unspecified atom stereocenters. The first kappa shape index (κ1) is 18.0. The first-order valence-corrected chi connectivity index (χ1v) is 10.4. The van der Waals surface area contributed by atoms with E-state index in [9.17, 15) is 4.79 Å². The Kier molecular flexibility index (Phi) is 4.73. The second-order valence-electron chi connectivity index (χ2n) is 8.41. The second-order valence-corrected chi connectivity index (χ2v) is 8.41. The number of aromatic nitrogens is 1. The Bertz CT molecular complexity index is 899. The fraction of sp³-hybridized carbons (Fsp3) is 0.522. The molecule has 2 atom stereocenters. The van der Waals surface area contributed by atoms with Crippen molar-refractivity contribution >= 4 is 0 Å². The van der Waals surface area contributed by atoms with E-state index < -0.39 is 0 Å². The molecule has 0 aliphatic carbocycles. The lowest BCUT2D eigenvalue weighted by atomic mass is 9.79. The van der Waals surface area contributed by atoms with Crippen LogP contribution in [0.2, 0.25) is 0 Å². The minimum absolute atomic E-state index is 0.140. The van der Waals surface area contributed by atoms with Crippen molar-refractivity contribution in [3.63, 3.8) is 0 Å². The predicted octanol–water partition coefficient (Wildman–Crippen LogP) is 3.12. The van der Waals surface area contributed by atoms with E-state index in [0.717, 1.165) is 57.0 Å². The van der Waals surface area contributed by atoms with Crippen LogP contribution in [0.25, 0.3) is 11.1 Å². The van der Waals surface area contributed by atoms with Crippen molar-refractivity contribution < 1.29 is 9.47 Å². The van der Waals surface area contributed by atoms with Crippen LogP contribution >= 0.6 is 0 Å².